The Morgan fingerprint density at radius 3 is 2.20 bits per heavy atom. The van der Waals surface area contributed by atoms with Gasteiger partial charge in [-0.25, -0.2) is 0 Å². The number of hydrogen-bond acceptors (Lipinski definition) is 6. The second-order valence-electron chi connectivity index (χ2n) is 3.13. The molecule has 0 heterocycles. The summed E-state index contributed by atoms with van der Waals surface area (Å²) in [6.45, 7) is -1.16. The second-order valence-corrected chi connectivity index (χ2v) is 4.23. The summed E-state index contributed by atoms with van der Waals surface area (Å²) in [4.78, 5) is 10.4. The molecule has 0 aliphatic carbocycles. The molecule has 0 aromatic rings. The highest BCUT2D eigenvalue weighted by atomic mass is 79.9. The van der Waals surface area contributed by atoms with Crippen molar-refractivity contribution in [3.63, 3.8) is 0 Å². The molecular formula is C8H16BrNO5. The third-order valence-electron chi connectivity index (χ3n) is 2.02. The Morgan fingerprint density at radius 2 is 1.87 bits per heavy atom. The number of esters is 1. The molecule has 1 unspecified atom stereocenters. The zero-order valence-electron chi connectivity index (χ0n) is 8.44. The molecule has 90 valence electrons. The van der Waals surface area contributed by atoms with Crippen LogP contribution in [-0.2, 0) is 9.53 Å². The predicted octanol–water partition coefficient (Wildman–Crippen LogP) is -1.77. The molecule has 0 rings (SSSR count). The molecule has 0 radical (unpaired) electrons. The Kier molecular flexibility index (Phi) is 7.03. The summed E-state index contributed by atoms with van der Waals surface area (Å²) in [6, 6.07) is 0. The smallest absolute Gasteiger partial charge is 0.320 e. The van der Waals surface area contributed by atoms with Crippen LogP contribution in [0.15, 0.2) is 0 Å². The Morgan fingerprint density at radius 1 is 1.40 bits per heavy atom. The molecule has 15 heavy (non-hydrogen) atoms. The van der Waals surface area contributed by atoms with Crippen LogP contribution in [0.5, 0.6) is 0 Å². The molecule has 0 saturated carbocycles. The number of aliphatic hydroxyl groups excluding tert-OH is 3. The second kappa shape index (κ2) is 7.13. The van der Waals surface area contributed by atoms with Crippen molar-refractivity contribution in [1.82, 2.24) is 5.32 Å². The predicted molar refractivity (Wildman–Crippen MR) is 56.7 cm³/mol. The quantitative estimate of drug-likeness (QED) is 0.326. The first-order valence-electron chi connectivity index (χ1n) is 4.34. The summed E-state index contributed by atoms with van der Waals surface area (Å²) >= 11 is 3.06. The lowest BCUT2D eigenvalue weighted by Gasteiger charge is -2.29. The van der Waals surface area contributed by atoms with E-state index >= 15 is 0 Å². The highest BCUT2D eigenvalue weighted by Crippen LogP contribution is 2.05. The van der Waals surface area contributed by atoms with Crippen LogP contribution >= 0.6 is 15.9 Å². The summed E-state index contributed by atoms with van der Waals surface area (Å²) in [5.41, 5.74) is -1.18. The molecule has 0 fully saturated rings. The van der Waals surface area contributed by atoms with E-state index < -0.39 is 36.2 Å². The van der Waals surface area contributed by atoms with Gasteiger partial charge in [-0.05, 0) is 0 Å². The fraction of sp³-hybridized carbons (Fsp3) is 0.875. The number of methoxy groups -OCH3 is 1. The highest BCUT2D eigenvalue weighted by molar-refractivity contribution is 9.10. The van der Waals surface area contributed by atoms with Crippen LogP contribution < -0.4 is 5.32 Å². The first kappa shape index (κ1) is 14.8. The Labute approximate surface area is 96.4 Å². The van der Waals surface area contributed by atoms with Gasteiger partial charge in [-0.3, -0.25) is 4.79 Å². The lowest BCUT2D eigenvalue weighted by Crippen LogP contribution is -2.56. The maximum absolute atomic E-state index is 11.0. The lowest BCUT2D eigenvalue weighted by atomic mass is 10.0. The van der Waals surface area contributed by atoms with Crippen LogP contribution in [0.2, 0.25) is 0 Å². The van der Waals surface area contributed by atoms with E-state index in [-0.39, 0.29) is 6.54 Å². The summed E-state index contributed by atoms with van der Waals surface area (Å²) in [7, 11) is 1.26. The summed E-state index contributed by atoms with van der Waals surface area (Å²) in [6.07, 6.45) is 0. The average molecular weight is 286 g/mol. The molecule has 0 amide bonds. The topological polar surface area (TPSA) is 99.0 Å². The van der Waals surface area contributed by atoms with E-state index in [2.05, 4.69) is 26.0 Å². The highest BCUT2D eigenvalue weighted by Gasteiger charge is 2.29. The zero-order chi connectivity index (χ0) is 11.9. The standard InChI is InChI=1S/C8H16BrNO5/c1-15-7(14)6(9)2-10-8(3-11,4-12)5-13/h6,10-13H,2-5H2,1H3. The summed E-state index contributed by atoms with van der Waals surface area (Å²) < 4.78 is 4.46. The number of carbonyl (C=O) groups is 1. The first-order chi connectivity index (χ1) is 7.05. The molecule has 0 bridgehead atoms. The van der Waals surface area contributed by atoms with Crippen molar-refractivity contribution in [1.29, 1.82) is 0 Å². The van der Waals surface area contributed by atoms with Crippen molar-refractivity contribution in [2.75, 3.05) is 33.5 Å². The van der Waals surface area contributed by atoms with Crippen LogP contribution in [0, 0.1) is 0 Å². The summed E-state index contributed by atoms with van der Waals surface area (Å²) in [5, 5.41) is 29.6. The fourth-order valence-corrected chi connectivity index (χ4v) is 1.18. The van der Waals surface area contributed by atoms with Crippen LogP contribution in [0.3, 0.4) is 0 Å². The van der Waals surface area contributed by atoms with Crippen molar-refractivity contribution in [3.8, 4) is 0 Å². The van der Waals surface area contributed by atoms with Gasteiger partial charge >= 0.3 is 5.97 Å². The number of carbonyl (C=O) groups excluding carboxylic acids is 1. The van der Waals surface area contributed by atoms with E-state index in [9.17, 15) is 4.79 Å². The Bertz CT molecular complexity index is 189. The molecular weight excluding hydrogens is 270 g/mol. The van der Waals surface area contributed by atoms with Gasteiger partial charge in [-0.1, -0.05) is 15.9 Å². The van der Waals surface area contributed by atoms with Crippen molar-refractivity contribution in [2.45, 2.75) is 10.4 Å². The molecule has 0 spiro atoms. The maximum atomic E-state index is 11.0. The van der Waals surface area contributed by atoms with Gasteiger partial charge in [-0.15, -0.1) is 0 Å². The molecule has 0 aromatic heterocycles. The van der Waals surface area contributed by atoms with Crippen molar-refractivity contribution in [3.05, 3.63) is 0 Å². The van der Waals surface area contributed by atoms with E-state index in [0.29, 0.717) is 0 Å². The third-order valence-corrected chi connectivity index (χ3v) is 2.72. The van der Waals surface area contributed by atoms with Crippen LogP contribution in [0.1, 0.15) is 0 Å². The van der Waals surface area contributed by atoms with Gasteiger partial charge in [0.25, 0.3) is 0 Å². The largest absolute Gasteiger partial charge is 0.468 e. The number of ether oxygens (including phenoxy) is 1. The van der Waals surface area contributed by atoms with Crippen LogP contribution in [0.25, 0.3) is 0 Å². The lowest BCUT2D eigenvalue weighted by molar-refractivity contribution is -0.139. The van der Waals surface area contributed by atoms with Crippen molar-refractivity contribution in [2.24, 2.45) is 0 Å². The number of nitrogens with one attached hydrogen (secondary N) is 1. The number of rotatable bonds is 7. The van der Waals surface area contributed by atoms with Gasteiger partial charge < -0.3 is 25.4 Å². The fourth-order valence-electron chi connectivity index (χ4n) is 0.835. The maximum Gasteiger partial charge on any atom is 0.320 e. The third kappa shape index (κ3) is 4.43. The van der Waals surface area contributed by atoms with E-state index in [1.165, 1.54) is 7.11 Å². The van der Waals surface area contributed by atoms with Gasteiger partial charge in [-0.2, -0.15) is 0 Å². The summed E-state index contributed by atoms with van der Waals surface area (Å²) in [5.74, 6) is -0.467. The Hall–Kier alpha value is -0.210. The van der Waals surface area contributed by atoms with Gasteiger partial charge in [0.2, 0.25) is 0 Å². The minimum atomic E-state index is -1.18. The van der Waals surface area contributed by atoms with Crippen LogP contribution in [-0.4, -0.2) is 65.1 Å². The monoisotopic (exact) mass is 285 g/mol. The normalized spacial score (nSPS) is 13.7. The minimum Gasteiger partial charge on any atom is -0.468 e. The molecule has 7 heteroatoms. The number of aliphatic hydroxyl groups is 3. The minimum absolute atomic E-state index is 0.133. The average Bonchev–Trinajstić information content (AvgIpc) is 2.30. The van der Waals surface area contributed by atoms with E-state index in [1.807, 2.05) is 0 Å². The van der Waals surface area contributed by atoms with Crippen molar-refractivity contribution < 1.29 is 24.9 Å². The number of halogens is 1. The molecule has 0 aliphatic rings. The van der Waals surface area contributed by atoms with E-state index in [0.717, 1.165) is 0 Å². The van der Waals surface area contributed by atoms with Crippen molar-refractivity contribution >= 4 is 21.9 Å². The molecule has 1 atom stereocenters. The van der Waals surface area contributed by atoms with Crippen LogP contribution in [0.4, 0.5) is 0 Å². The Balaban J connectivity index is 4.16. The van der Waals surface area contributed by atoms with E-state index in [1.54, 1.807) is 0 Å². The van der Waals surface area contributed by atoms with E-state index in [4.69, 9.17) is 15.3 Å². The molecule has 0 aromatic carbocycles. The molecule has 6 nitrogen and oxygen atoms in total. The SMILES string of the molecule is COC(=O)C(Br)CNC(CO)(CO)CO. The number of hydrogen-bond donors (Lipinski definition) is 4. The zero-order valence-corrected chi connectivity index (χ0v) is 10.0. The van der Waals surface area contributed by atoms with Gasteiger partial charge in [0, 0.05) is 6.54 Å². The molecule has 0 aliphatic heterocycles. The van der Waals surface area contributed by atoms with Gasteiger partial charge in [0.05, 0.1) is 32.5 Å². The molecule has 0 saturated heterocycles. The first-order valence-corrected chi connectivity index (χ1v) is 5.26. The van der Waals surface area contributed by atoms with Gasteiger partial charge in [0.15, 0.2) is 0 Å². The van der Waals surface area contributed by atoms with Gasteiger partial charge in [0.1, 0.15) is 4.83 Å². The molecule has 4 N–H and O–H groups in total. The number of alkyl halides is 1.